The molecule has 1 unspecified atom stereocenters. The predicted octanol–water partition coefficient (Wildman–Crippen LogP) is 3.45. The molecule has 2 aliphatic heterocycles. The number of hydrogen-bond donors (Lipinski definition) is 2. The van der Waals surface area contributed by atoms with Gasteiger partial charge in [-0.25, -0.2) is 0 Å². The summed E-state index contributed by atoms with van der Waals surface area (Å²) < 4.78 is 0.945. The number of benzene rings is 2. The molecule has 1 atom stereocenters. The van der Waals surface area contributed by atoms with E-state index in [0.717, 1.165) is 27.2 Å². The van der Waals surface area contributed by atoms with E-state index >= 15 is 0 Å². The van der Waals surface area contributed by atoms with E-state index in [-0.39, 0.29) is 5.91 Å². The second-order valence-corrected chi connectivity index (χ2v) is 7.41. The first-order valence-corrected chi connectivity index (χ1v) is 8.46. The van der Waals surface area contributed by atoms with Crippen molar-refractivity contribution >= 4 is 44.3 Å². The van der Waals surface area contributed by atoms with E-state index in [9.17, 15) is 4.79 Å². The van der Waals surface area contributed by atoms with Crippen LogP contribution < -0.4 is 10.7 Å². The number of thioether (sulfide) groups is 1. The van der Waals surface area contributed by atoms with Crippen molar-refractivity contribution in [2.45, 2.75) is 11.3 Å². The summed E-state index contributed by atoms with van der Waals surface area (Å²) in [5.74, 6) is -0.0718. The largest absolute Gasteiger partial charge is 0.323 e. The number of rotatable bonds is 2. The van der Waals surface area contributed by atoms with Crippen molar-refractivity contribution in [1.82, 2.24) is 5.43 Å². The first-order chi connectivity index (χ1) is 10.7. The van der Waals surface area contributed by atoms with Crippen LogP contribution in [0.4, 0.5) is 5.69 Å². The molecule has 2 N–H and O–H groups in total. The van der Waals surface area contributed by atoms with Crippen LogP contribution in [0.1, 0.15) is 11.1 Å². The number of amides is 1. The first kappa shape index (κ1) is 13.8. The summed E-state index contributed by atoms with van der Waals surface area (Å²) in [7, 11) is 0. The number of anilines is 1. The topological polar surface area (TPSA) is 53.5 Å². The third kappa shape index (κ3) is 2.14. The van der Waals surface area contributed by atoms with E-state index in [1.165, 1.54) is 17.3 Å². The van der Waals surface area contributed by atoms with E-state index < -0.39 is 4.87 Å². The highest BCUT2D eigenvalue weighted by Gasteiger charge is 2.51. The molecule has 1 amide bonds. The molecule has 0 radical (unpaired) electrons. The monoisotopic (exact) mass is 373 g/mol. The summed E-state index contributed by atoms with van der Waals surface area (Å²) in [6.07, 6.45) is 0.719. The molecule has 0 bridgehead atoms. The Morgan fingerprint density at radius 3 is 2.82 bits per heavy atom. The highest BCUT2D eigenvalue weighted by Crippen LogP contribution is 2.48. The zero-order valence-electron chi connectivity index (χ0n) is 11.5. The van der Waals surface area contributed by atoms with Crippen molar-refractivity contribution in [3.63, 3.8) is 0 Å². The third-order valence-corrected chi connectivity index (χ3v) is 5.50. The minimum absolute atomic E-state index is 0.0718. The van der Waals surface area contributed by atoms with Gasteiger partial charge in [-0.15, -0.1) is 0 Å². The standard InChI is InChI=1S/C16H12BrN3OS/c17-11-6-7-13-12(9-11)16(15(21)18-13)20-19-14(22-16)8-10-4-2-1-3-5-10/h1-7,9,20H,8H2,(H,18,21). The van der Waals surface area contributed by atoms with E-state index in [4.69, 9.17) is 0 Å². The van der Waals surface area contributed by atoms with Gasteiger partial charge in [-0.3, -0.25) is 10.2 Å². The Labute approximate surface area is 140 Å². The van der Waals surface area contributed by atoms with Gasteiger partial charge in [0.2, 0.25) is 4.87 Å². The van der Waals surface area contributed by atoms with Crippen molar-refractivity contribution in [2.24, 2.45) is 5.10 Å². The lowest BCUT2D eigenvalue weighted by Crippen LogP contribution is -2.39. The first-order valence-electron chi connectivity index (χ1n) is 6.85. The number of nitrogens with zero attached hydrogens (tertiary/aromatic N) is 1. The maximum absolute atomic E-state index is 12.5. The van der Waals surface area contributed by atoms with Crippen LogP contribution in [0.3, 0.4) is 0 Å². The Morgan fingerprint density at radius 2 is 2.00 bits per heavy atom. The number of fused-ring (bicyclic) bond motifs is 2. The van der Waals surface area contributed by atoms with Gasteiger partial charge in [-0.1, -0.05) is 58.0 Å². The van der Waals surface area contributed by atoms with Crippen LogP contribution in [0.5, 0.6) is 0 Å². The minimum atomic E-state index is -0.844. The number of nitrogens with one attached hydrogen (secondary N) is 2. The van der Waals surface area contributed by atoms with Crippen LogP contribution in [-0.2, 0) is 16.1 Å². The lowest BCUT2D eigenvalue weighted by molar-refractivity contribution is -0.118. The van der Waals surface area contributed by atoms with Gasteiger partial charge in [-0.05, 0) is 23.8 Å². The highest BCUT2D eigenvalue weighted by atomic mass is 79.9. The number of carbonyl (C=O) groups excluding carboxylic acids is 1. The smallest absolute Gasteiger partial charge is 0.267 e. The summed E-state index contributed by atoms with van der Waals surface area (Å²) in [5.41, 5.74) is 5.99. The summed E-state index contributed by atoms with van der Waals surface area (Å²) in [6.45, 7) is 0. The van der Waals surface area contributed by atoms with Gasteiger partial charge in [0.15, 0.2) is 0 Å². The van der Waals surface area contributed by atoms with Gasteiger partial charge < -0.3 is 5.32 Å². The molecule has 4 rings (SSSR count). The predicted molar refractivity (Wildman–Crippen MR) is 92.8 cm³/mol. The fourth-order valence-electron chi connectivity index (χ4n) is 2.67. The summed E-state index contributed by atoms with van der Waals surface area (Å²) in [5, 5.41) is 8.24. The van der Waals surface area contributed by atoms with Crippen LogP contribution >= 0.6 is 27.7 Å². The summed E-state index contributed by atoms with van der Waals surface area (Å²) >= 11 is 4.95. The van der Waals surface area contributed by atoms with Crippen LogP contribution in [0, 0.1) is 0 Å². The maximum Gasteiger partial charge on any atom is 0.267 e. The van der Waals surface area contributed by atoms with Crippen molar-refractivity contribution in [3.05, 3.63) is 64.1 Å². The Kier molecular flexibility index (Phi) is 3.23. The SMILES string of the molecule is O=C1Nc2ccc(Br)cc2C12NN=C(Cc1ccccc1)S2. The second-order valence-electron chi connectivity index (χ2n) is 5.21. The van der Waals surface area contributed by atoms with Gasteiger partial charge in [-0.2, -0.15) is 5.10 Å². The molecule has 6 heteroatoms. The van der Waals surface area contributed by atoms with Crippen LogP contribution in [0.15, 0.2) is 58.1 Å². The van der Waals surface area contributed by atoms with Gasteiger partial charge in [0.05, 0.1) is 0 Å². The molecule has 2 heterocycles. The fraction of sp³-hybridized carbons (Fsp3) is 0.125. The third-order valence-electron chi connectivity index (χ3n) is 3.74. The molecule has 4 nitrogen and oxygen atoms in total. The quantitative estimate of drug-likeness (QED) is 0.847. The number of halogens is 1. The normalized spacial score (nSPS) is 22.2. The number of carbonyl (C=O) groups is 1. The molecule has 0 aliphatic carbocycles. The molecule has 2 aromatic carbocycles. The Bertz CT molecular complexity index is 793. The molecular formula is C16H12BrN3OS. The Hall–Kier alpha value is -1.79. The maximum atomic E-state index is 12.5. The lowest BCUT2D eigenvalue weighted by atomic mass is 10.1. The van der Waals surface area contributed by atoms with Crippen molar-refractivity contribution < 1.29 is 4.79 Å². The molecular weight excluding hydrogens is 362 g/mol. The van der Waals surface area contributed by atoms with Gasteiger partial charge >= 0.3 is 0 Å². The summed E-state index contributed by atoms with van der Waals surface area (Å²) in [6, 6.07) is 15.9. The highest BCUT2D eigenvalue weighted by molar-refractivity contribution is 9.10. The lowest BCUT2D eigenvalue weighted by Gasteiger charge is -2.20. The van der Waals surface area contributed by atoms with Crippen LogP contribution in [0.25, 0.3) is 0 Å². The molecule has 22 heavy (non-hydrogen) atoms. The van der Waals surface area contributed by atoms with Crippen molar-refractivity contribution in [2.75, 3.05) is 5.32 Å². The van der Waals surface area contributed by atoms with Gasteiger partial charge in [0.1, 0.15) is 5.04 Å². The fourth-order valence-corrected chi connectivity index (χ4v) is 4.23. The second kappa shape index (κ2) is 5.14. The molecule has 2 aliphatic rings. The number of hydrazone groups is 1. The Balaban J connectivity index is 1.63. The zero-order chi connectivity index (χ0) is 15.2. The molecule has 1 spiro atoms. The van der Waals surface area contributed by atoms with E-state index in [1.54, 1.807) is 0 Å². The van der Waals surface area contributed by atoms with E-state index in [2.05, 4.69) is 43.9 Å². The number of hydrogen-bond acceptors (Lipinski definition) is 4. The molecule has 0 saturated carbocycles. The van der Waals surface area contributed by atoms with Gasteiger partial charge in [0, 0.05) is 22.1 Å². The zero-order valence-corrected chi connectivity index (χ0v) is 13.9. The molecule has 2 aromatic rings. The molecule has 0 aromatic heterocycles. The average molecular weight is 374 g/mol. The van der Waals surface area contributed by atoms with Crippen molar-refractivity contribution in [1.29, 1.82) is 0 Å². The van der Waals surface area contributed by atoms with E-state index in [1.807, 2.05) is 36.4 Å². The Morgan fingerprint density at radius 1 is 1.18 bits per heavy atom. The summed E-state index contributed by atoms with van der Waals surface area (Å²) in [4.78, 5) is 11.6. The molecule has 0 saturated heterocycles. The average Bonchev–Trinajstić information content (AvgIpc) is 3.05. The molecule has 0 fully saturated rings. The van der Waals surface area contributed by atoms with Gasteiger partial charge in [0.25, 0.3) is 5.91 Å². The van der Waals surface area contributed by atoms with E-state index in [0.29, 0.717) is 0 Å². The van der Waals surface area contributed by atoms with Crippen molar-refractivity contribution in [3.8, 4) is 0 Å². The van der Waals surface area contributed by atoms with Crippen LogP contribution in [0.2, 0.25) is 0 Å². The van der Waals surface area contributed by atoms with Crippen LogP contribution in [-0.4, -0.2) is 11.0 Å². The molecule has 110 valence electrons. The minimum Gasteiger partial charge on any atom is -0.323 e.